The minimum Gasteiger partial charge on any atom is -0.449 e. The normalized spacial score (nSPS) is 12.0. The van der Waals surface area contributed by atoms with Crippen molar-refractivity contribution in [3.63, 3.8) is 0 Å². The van der Waals surface area contributed by atoms with Crippen LogP contribution >= 0.6 is 9.03 Å². The first-order valence-electron chi connectivity index (χ1n) is 7.49. The monoisotopic (exact) mass is 308 g/mol. The van der Waals surface area contributed by atoms with Crippen molar-refractivity contribution in [3.05, 3.63) is 30.0 Å². The number of nitrogens with one attached hydrogen (secondary N) is 1. The molecule has 1 heterocycles. The molecule has 0 fully saturated rings. The van der Waals surface area contributed by atoms with Gasteiger partial charge in [0.05, 0.1) is 6.61 Å². The Hall–Kier alpha value is -1.09. The molecule has 2 rings (SSSR count). The number of hydrogen-bond acceptors (Lipinski definition) is 3. The fourth-order valence-electron chi connectivity index (χ4n) is 2.18. The molecule has 0 spiro atoms. The van der Waals surface area contributed by atoms with Crippen LogP contribution in [-0.4, -0.2) is 37.1 Å². The number of aromatic amines is 1. The van der Waals surface area contributed by atoms with Gasteiger partial charge in [-0.3, -0.25) is 0 Å². The molecule has 1 aromatic carbocycles. The lowest BCUT2D eigenvalue weighted by atomic mass is 10.1. The van der Waals surface area contributed by atoms with Crippen LogP contribution in [0.2, 0.25) is 0 Å². The van der Waals surface area contributed by atoms with Gasteiger partial charge in [0, 0.05) is 23.6 Å². The smallest absolute Gasteiger partial charge is 0.215 e. The van der Waals surface area contributed by atoms with Crippen LogP contribution in [0.3, 0.4) is 0 Å². The number of unbranched alkanes of at least 4 members (excludes halogenated alkanes) is 1. The standard InChI is InChI=1S/C16H25N2O2P/c1-4-5-11-19-21-20-15-8-6-7-14-16(15)13(12-17-14)9-10-18(2)3/h6-8,12,17,21H,4-5,9-11H2,1-3H3. The van der Waals surface area contributed by atoms with Gasteiger partial charge in [-0.05, 0) is 44.6 Å². The van der Waals surface area contributed by atoms with Crippen molar-refractivity contribution in [2.45, 2.75) is 26.2 Å². The number of nitrogens with zero attached hydrogens (tertiary/aromatic N) is 1. The summed E-state index contributed by atoms with van der Waals surface area (Å²) in [7, 11) is 4.25. The summed E-state index contributed by atoms with van der Waals surface area (Å²) in [6, 6.07) is 6.12. The molecule has 5 heteroatoms. The van der Waals surface area contributed by atoms with Crippen LogP contribution in [-0.2, 0) is 10.9 Å². The molecule has 1 unspecified atom stereocenters. The van der Waals surface area contributed by atoms with Crippen molar-refractivity contribution in [1.82, 2.24) is 9.88 Å². The zero-order valence-electron chi connectivity index (χ0n) is 13.1. The predicted octanol–water partition coefficient (Wildman–Crippen LogP) is 3.98. The Labute approximate surface area is 128 Å². The summed E-state index contributed by atoms with van der Waals surface area (Å²) in [5.41, 5.74) is 2.42. The second-order valence-electron chi connectivity index (χ2n) is 5.43. The summed E-state index contributed by atoms with van der Waals surface area (Å²) >= 11 is 0. The fraction of sp³-hybridized carbons (Fsp3) is 0.500. The summed E-state index contributed by atoms with van der Waals surface area (Å²) in [5, 5.41) is 1.19. The Morgan fingerprint density at radius 2 is 2.14 bits per heavy atom. The van der Waals surface area contributed by atoms with E-state index in [4.69, 9.17) is 9.05 Å². The van der Waals surface area contributed by atoms with E-state index in [0.29, 0.717) is 0 Å². The molecule has 4 nitrogen and oxygen atoms in total. The Bertz CT molecular complexity index is 554. The van der Waals surface area contributed by atoms with Crippen molar-refractivity contribution in [2.24, 2.45) is 0 Å². The third kappa shape index (κ3) is 4.70. The van der Waals surface area contributed by atoms with Crippen molar-refractivity contribution in [2.75, 3.05) is 27.2 Å². The van der Waals surface area contributed by atoms with Crippen LogP contribution in [0, 0.1) is 0 Å². The molecular weight excluding hydrogens is 283 g/mol. The molecular formula is C16H25N2O2P. The lowest BCUT2D eigenvalue weighted by Gasteiger charge is -2.11. The minimum atomic E-state index is 0.0647. The quantitative estimate of drug-likeness (QED) is 0.562. The van der Waals surface area contributed by atoms with Crippen LogP contribution < -0.4 is 4.52 Å². The van der Waals surface area contributed by atoms with Gasteiger partial charge in [-0.25, -0.2) is 0 Å². The molecule has 0 aliphatic rings. The van der Waals surface area contributed by atoms with E-state index in [1.165, 1.54) is 10.9 Å². The fourth-order valence-corrected chi connectivity index (χ4v) is 2.72. The van der Waals surface area contributed by atoms with Crippen molar-refractivity contribution in [3.8, 4) is 5.75 Å². The Morgan fingerprint density at radius 3 is 2.90 bits per heavy atom. The first-order chi connectivity index (χ1) is 10.2. The van der Waals surface area contributed by atoms with E-state index < -0.39 is 0 Å². The summed E-state index contributed by atoms with van der Waals surface area (Å²) in [6.07, 6.45) is 5.32. The van der Waals surface area contributed by atoms with Crippen LogP contribution in [0.25, 0.3) is 10.9 Å². The largest absolute Gasteiger partial charge is 0.449 e. The molecule has 0 amide bonds. The molecule has 21 heavy (non-hydrogen) atoms. The maximum Gasteiger partial charge on any atom is 0.215 e. The number of likely N-dealkylation sites (N-methyl/N-ethyl adjacent to an activating group) is 1. The van der Waals surface area contributed by atoms with Gasteiger partial charge >= 0.3 is 0 Å². The molecule has 1 atom stereocenters. The van der Waals surface area contributed by atoms with Crippen LogP contribution in [0.15, 0.2) is 24.4 Å². The molecule has 0 radical (unpaired) electrons. The van der Waals surface area contributed by atoms with Crippen molar-refractivity contribution in [1.29, 1.82) is 0 Å². The molecule has 0 aliphatic carbocycles. The maximum absolute atomic E-state index is 5.84. The molecule has 0 saturated heterocycles. The van der Waals surface area contributed by atoms with Gasteiger partial charge in [0.1, 0.15) is 5.75 Å². The van der Waals surface area contributed by atoms with Gasteiger partial charge in [-0.15, -0.1) is 0 Å². The third-order valence-electron chi connectivity index (χ3n) is 3.39. The molecule has 0 aliphatic heterocycles. The average Bonchev–Trinajstić information content (AvgIpc) is 2.89. The Morgan fingerprint density at radius 1 is 1.29 bits per heavy atom. The second kappa shape index (κ2) is 8.38. The highest BCUT2D eigenvalue weighted by Crippen LogP contribution is 2.33. The number of aromatic nitrogens is 1. The number of rotatable bonds is 9. The SMILES string of the molecule is CCCCOPOc1cccc2[nH]cc(CCN(C)C)c12. The Kier molecular flexibility index (Phi) is 6.50. The van der Waals surface area contributed by atoms with Gasteiger partial charge in [0.15, 0.2) is 0 Å². The van der Waals surface area contributed by atoms with Crippen molar-refractivity contribution < 1.29 is 9.05 Å². The highest BCUT2D eigenvalue weighted by Gasteiger charge is 2.10. The minimum absolute atomic E-state index is 0.0647. The van der Waals surface area contributed by atoms with E-state index in [1.807, 2.05) is 12.1 Å². The van der Waals surface area contributed by atoms with Crippen LogP contribution in [0.1, 0.15) is 25.3 Å². The van der Waals surface area contributed by atoms with Gasteiger partial charge < -0.3 is 18.9 Å². The summed E-state index contributed by atoms with van der Waals surface area (Å²) in [6.45, 7) is 3.95. The predicted molar refractivity (Wildman–Crippen MR) is 90.4 cm³/mol. The van der Waals surface area contributed by atoms with E-state index in [9.17, 15) is 0 Å². The summed E-state index contributed by atoms with van der Waals surface area (Å²) in [5.74, 6) is 0.914. The Balaban J connectivity index is 2.05. The molecule has 0 bridgehead atoms. The number of fused-ring (bicyclic) bond motifs is 1. The lowest BCUT2D eigenvalue weighted by molar-refractivity contribution is 0.322. The maximum atomic E-state index is 5.84. The molecule has 1 N–H and O–H groups in total. The number of H-pyrrole nitrogens is 1. The first kappa shape index (κ1) is 16.3. The van der Waals surface area contributed by atoms with Crippen LogP contribution in [0.4, 0.5) is 0 Å². The van der Waals surface area contributed by atoms with E-state index in [1.54, 1.807) is 0 Å². The molecule has 116 valence electrons. The second-order valence-corrected chi connectivity index (χ2v) is 6.09. The molecule has 1 aromatic heterocycles. The topological polar surface area (TPSA) is 37.5 Å². The zero-order chi connectivity index (χ0) is 15.1. The van der Waals surface area contributed by atoms with E-state index in [0.717, 1.165) is 43.7 Å². The number of hydrogen-bond donors (Lipinski definition) is 1. The third-order valence-corrected chi connectivity index (χ3v) is 4.01. The van der Waals surface area contributed by atoms with Gasteiger partial charge in [0.25, 0.3) is 0 Å². The van der Waals surface area contributed by atoms with E-state index in [-0.39, 0.29) is 9.03 Å². The van der Waals surface area contributed by atoms with E-state index in [2.05, 4.69) is 43.2 Å². The van der Waals surface area contributed by atoms with Crippen LogP contribution in [0.5, 0.6) is 5.75 Å². The highest BCUT2D eigenvalue weighted by molar-refractivity contribution is 7.26. The summed E-state index contributed by atoms with van der Waals surface area (Å²) < 4.78 is 11.4. The molecule has 0 saturated carbocycles. The molecule has 2 aromatic rings. The highest BCUT2D eigenvalue weighted by atomic mass is 31.1. The lowest BCUT2D eigenvalue weighted by Crippen LogP contribution is -2.14. The zero-order valence-corrected chi connectivity index (χ0v) is 14.1. The average molecular weight is 308 g/mol. The number of benzene rings is 1. The van der Waals surface area contributed by atoms with E-state index >= 15 is 0 Å². The summed E-state index contributed by atoms with van der Waals surface area (Å²) in [4.78, 5) is 5.52. The van der Waals surface area contributed by atoms with Gasteiger partial charge in [-0.1, -0.05) is 19.4 Å². The van der Waals surface area contributed by atoms with Gasteiger partial charge in [0.2, 0.25) is 9.03 Å². The first-order valence-corrected chi connectivity index (χ1v) is 8.31. The van der Waals surface area contributed by atoms with Crippen molar-refractivity contribution >= 4 is 19.9 Å². The van der Waals surface area contributed by atoms with Gasteiger partial charge in [-0.2, -0.15) is 0 Å².